The molecule has 6 nitrogen and oxygen atoms in total. The van der Waals surface area contributed by atoms with Crippen molar-refractivity contribution >= 4 is 17.5 Å². The van der Waals surface area contributed by atoms with Crippen LogP contribution in [-0.4, -0.2) is 43.0 Å². The van der Waals surface area contributed by atoms with Crippen LogP contribution in [0.3, 0.4) is 0 Å². The van der Waals surface area contributed by atoms with Crippen molar-refractivity contribution in [1.82, 2.24) is 4.90 Å². The molecule has 0 aliphatic carbocycles. The lowest BCUT2D eigenvalue weighted by Crippen LogP contribution is -2.37. The molecule has 0 atom stereocenters. The zero-order chi connectivity index (χ0) is 23.8. The summed E-state index contributed by atoms with van der Waals surface area (Å²) >= 11 is 0. The van der Waals surface area contributed by atoms with Gasteiger partial charge in [0.15, 0.2) is 0 Å². The first-order valence-corrected chi connectivity index (χ1v) is 11.7. The summed E-state index contributed by atoms with van der Waals surface area (Å²) in [5.74, 6) is 1.70. The van der Waals surface area contributed by atoms with Crippen LogP contribution in [0, 0.1) is 5.92 Å². The molecule has 1 fully saturated rings. The minimum absolute atomic E-state index is 0.0428. The number of piperidine rings is 1. The average molecular weight is 459 g/mol. The van der Waals surface area contributed by atoms with Gasteiger partial charge in [0.1, 0.15) is 24.7 Å². The van der Waals surface area contributed by atoms with Gasteiger partial charge in [-0.3, -0.25) is 9.59 Å². The van der Waals surface area contributed by atoms with E-state index in [1.165, 1.54) is 0 Å². The summed E-state index contributed by atoms with van der Waals surface area (Å²) in [5.41, 5.74) is 1.69. The Kier molecular flexibility index (Phi) is 7.81. The molecule has 1 N–H and O–H groups in total. The van der Waals surface area contributed by atoms with Crippen molar-refractivity contribution in [2.75, 3.05) is 31.6 Å². The zero-order valence-corrected chi connectivity index (χ0v) is 19.4. The van der Waals surface area contributed by atoms with Gasteiger partial charge in [-0.15, -0.1) is 0 Å². The monoisotopic (exact) mass is 458 g/mol. The molecule has 1 saturated heterocycles. The average Bonchev–Trinajstić information content (AvgIpc) is 2.88. The van der Waals surface area contributed by atoms with Crippen molar-refractivity contribution in [3.05, 3.63) is 90.0 Å². The fourth-order valence-electron chi connectivity index (χ4n) is 3.90. The number of benzene rings is 3. The number of nitrogens with zero attached hydrogens (tertiary/aromatic N) is 1. The third kappa shape index (κ3) is 6.16. The van der Waals surface area contributed by atoms with E-state index in [0.29, 0.717) is 41.7 Å². The lowest BCUT2D eigenvalue weighted by atomic mass is 9.98. The van der Waals surface area contributed by atoms with Gasteiger partial charge in [-0.2, -0.15) is 0 Å². The number of likely N-dealkylation sites (tertiary alicyclic amines) is 1. The number of carbonyl (C=O) groups is 2. The number of hydrogen-bond acceptors (Lipinski definition) is 4. The molecular formula is C28H30N2O4. The molecule has 176 valence electrons. The van der Waals surface area contributed by atoms with Crippen LogP contribution in [0.4, 0.5) is 5.69 Å². The van der Waals surface area contributed by atoms with Crippen LogP contribution in [-0.2, 0) is 0 Å². The predicted molar refractivity (Wildman–Crippen MR) is 133 cm³/mol. The van der Waals surface area contributed by atoms with Crippen molar-refractivity contribution in [3.8, 4) is 11.5 Å². The van der Waals surface area contributed by atoms with Gasteiger partial charge >= 0.3 is 0 Å². The van der Waals surface area contributed by atoms with Crippen molar-refractivity contribution in [3.63, 3.8) is 0 Å². The Morgan fingerprint density at radius 3 is 2.24 bits per heavy atom. The second kappa shape index (κ2) is 11.4. The van der Waals surface area contributed by atoms with Gasteiger partial charge < -0.3 is 19.7 Å². The molecule has 0 spiro atoms. The second-order valence-electron chi connectivity index (χ2n) is 8.51. The Bertz CT molecular complexity index is 1090. The standard InChI is InChI=1S/C28H30N2O4/c1-21-15-17-30(18-16-21)28(32)22-11-13-23(14-12-22)29-27(31)25-9-5-6-10-26(25)34-20-19-33-24-7-3-2-4-8-24/h2-14,21H,15-20H2,1H3,(H,29,31). The molecule has 0 saturated carbocycles. The molecule has 1 heterocycles. The number of ether oxygens (including phenoxy) is 2. The molecule has 3 aromatic carbocycles. The number of amides is 2. The Morgan fingerprint density at radius 2 is 1.50 bits per heavy atom. The normalized spacial score (nSPS) is 13.9. The minimum Gasteiger partial charge on any atom is -0.490 e. The summed E-state index contributed by atoms with van der Waals surface area (Å²) in [6, 6.07) is 23.7. The molecule has 2 amide bonds. The molecule has 0 aromatic heterocycles. The van der Waals surface area contributed by atoms with Crippen molar-refractivity contribution < 1.29 is 19.1 Å². The molecule has 6 heteroatoms. The topological polar surface area (TPSA) is 67.9 Å². The maximum Gasteiger partial charge on any atom is 0.259 e. The van der Waals surface area contributed by atoms with Gasteiger partial charge in [0, 0.05) is 24.3 Å². The lowest BCUT2D eigenvalue weighted by molar-refractivity contribution is 0.0697. The summed E-state index contributed by atoms with van der Waals surface area (Å²) in [7, 11) is 0. The van der Waals surface area contributed by atoms with E-state index in [4.69, 9.17) is 9.47 Å². The number of hydrogen-bond donors (Lipinski definition) is 1. The van der Waals surface area contributed by atoms with Gasteiger partial charge in [-0.25, -0.2) is 0 Å². The number of anilines is 1. The van der Waals surface area contributed by atoms with E-state index in [1.54, 1.807) is 42.5 Å². The molecule has 3 aromatic rings. The first kappa shape index (κ1) is 23.4. The van der Waals surface area contributed by atoms with E-state index in [9.17, 15) is 9.59 Å². The number of rotatable bonds is 8. The maximum atomic E-state index is 12.9. The van der Waals surface area contributed by atoms with Crippen LogP contribution >= 0.6 is 0 Å². The van der Waals surface area contributed by atoms with Crippen molar-refractivity contribution in [2.24, 2.45) is 5.92 Å². The van der Waals surface area contributed by atoms with Crippen LogP contribution in [0.1, 0.15) is 40.5 Å². The molecule has 0 bridgehead atoms. The van der Waals surface area contributed by atoms with Crippen LogP contribution in [0.5, 0.6) is 11.5 Å². The third-order valence-electron chi connectivity index (χ3n) is 5.95. The molecular weight excluding hydrogens is 428 g/mol. The van der Waals surface area contributed by atoms with Gasteiger partial charge in [0.25, 0.3) is 11.8 Å². The first-order valence-electron chi connectivity index (χ1n) is 11.7. The van der Waals surface area contributed by atoms with E-state index in [2.05, 4.69) is 12.2 Å². The predicted octanol–water partition coefficient (Wildman–Crippen LogP) is 5.27. The summed E-state index contributed by atoms with van der Waals surface area (Å²) in [6.07, 6.45) is 2.08. The first-order chi connectivity index (χ1) is 16.6. The minimum atomic E-state index is -0.274. The SMILES string of the molecule is CC1CCN(C(=O)c2ccc(NC(=O)c3ccccc3OCCOc3ccccc3)cc2)CC1. The molecule has 0 unspecified atom stereocenters. The fraction of sp³-hybridized carbons (Fsp3) is 0.286. The van der Waals surface area contributed by atoms with Crippen LogP contribution < -0.4 is 14.8 Å². The summed E-state index contributed by atoms with van der Waals surface area (Å²) < 4.78 is 11.5. The third-order valence-corrected chi connectivity index (χ3v) is 5.95. The van der Waals surface area contributed by atoms with Gasteiger partial charge in [0.2, 0.25) is 0 Å². The van der Waals surface area contributed by atoms with Crippen LogP contribution in [0.15, 0.2) is 78.9 Å². The van der Waals surface area contributed by atoms with Crippen LogP contribution in [0.2, 0.25) is 0 Å². The van der Waals surface area contributed by atoms with E-state index < -0.39 is 0 Å². The summed E-state index contributed by atoms with van der Waals surface area (Å²) in [6.45, 7) is 4.50. The Balaban J connectivity index is 1.32. The largest absolute Gasteiger partial charge is 0.490 e. The molecule has 34 heavy (non-hydrogen) atoms. The highest BCUT2D eigenvalue weighted by Crippen LogP contribution is 2.22. The zero-order valence-electron chi connectivity index (χ0n) is 19.4. The highest BCUT2D eigenvalue weighted by Gasteiger charge is 2.21. The fourth-order valence-corrected chi connectivity index (χ4v) is 3.90. The quantitative estimate of drug-likeness (QED) is 0.467. The van der Waals surface area contributed by atoms with Crippen LogP contribution in [0.25, 0.3) is 0 Å². The highest BCUT2D eigenvalue weighted by molar-refractivity contribution is 6.06. The van der Waals surface area contributed by atoms with E-state index in [0.717, 1.165) is 31.7 Å². The molecule has 4 rings (SSSR count). The Hall–Kier alpha value is -3.80. The second-order valence-corrected chi connectivity index (χ2v) is 8.51. The number of para-hydroxylation sites is 2. The van der Waals surface area contributed by atoms with Gasteiger partial charge in [-0.1, -0.05) is 37.3 Å². The number of carbonyl (C=O) groups excluding carboxylic acids is 2. The maximum absolute atomic E-state index is 12.9. The van der Waals surface area contributed by atoms with Gasteiger partial charge in [-0.05, 0) is 67.3 Å². The smallest absolute Gasteiger partial charge is 0.259 e. The number of nitrogens with one attached hydrogen (secondary N) is 1. The lowest BCUT2D eigenvalue weighted by Gasteiger charge is -2.30. The van der Waals surface area contributed by atoms with E-state index >= 15 is 0 Å². The Morgan fingerprint density at radius 1 is 0.853 bits per heavy atom. The van der Waals surface area contributed by atoms with Gasteiger partial charge in [0.05, 0.1) is 5.56 Å². The highest BCUT2D eigenvalue weighted by atomic mass is 16.5. The van der Waals surface area contributed by atoms with E-state index in [-0.39, 0.29) is 11.8 Å². The Labute approximate surface area is 200 Å². The van der Waals surface area contributed by atoms with Crippen molar-refractivity contribution in [2.45, 2.75) is 19.8 Å². The molecule has 0 radical (unpaired) electrons. The summed E-state index contributed by atoms with van der Waals surface area (Å²) in [4.78, 5) is 27.5. The van der Waals surface area contributed by atoms with Crippen molar-refractivity contribution in [1.29, 1.82) is 0 Å². The molecule has 1 aliphatic heterocycles. The molecule has 1 aliphatic rings. The van der Waals surface area contributed by atoms with E-state index in [1.807, 2.05) is 41.3 Å². The summed E-state index contributed by atoms with van der Waals surface area (Å²) in [5, 5.41) is 2.89.